The maximum absolute atomic E-state index is 9.92. The zero-order valence-corrected chi connectivity index (χ0v) is 12.3. The molecule has 0 aromatic carbocycles. The van der Waals surface area contributed by atoms with Crippen molar-refractivity contribution in [3.8, 4) is 0 Å². The van der Waals surface area contributed by atoms with Gasteiger partial charge in [0.2, 0.25) is 0 Å². The average molecular weight is 257 g/mol. The quantitative estimate of drug-likeness (QED) is 0.702. The maximum Gasteiger partial charge on any atom is 0.0897 e. The molecule has 1 aliphatic rings. The first kappa shape index (κ1) is 15.9. The van der Waals surface area contributed by atoms with Gasteiger partial charge in [-0.25, -0.2) is 0 Å². The summed E-state index contributed by atoms with van der Waals surface area (Å²) in [5.41, 5.74) is 0. The molecule has 0 amide bonds. The Morgan fingerprint density at radius 2 is 1.89 bits per heavy atom. The van der Waals surface area contributed by atoms with Crippen molar-refractivity contribution in [1.82, 2.24) is 5.32 Å². The van der Waals surface area contributed by atoms with Gasteiger partial charge in [0.1, 0.15) is 0 Å². The van der Waals surface area contributed by atoms with E-state index in [1.807, 2.05) is 0 Å². The molecule has 1 fully saturated rings. The van der Waals surface area contributed by atoms with Crippen molar-refractivity contribution in [2.75, 3.05) is 13.2 Å². The number of aliphatic hydroxyl groups excluding tert-OH is 1. The van der Waals surface area contributed by atoms with Crippen LogP contribution in [0.2, 0.25) is 0 Å². The molecule has 0 saturated heterocycles. The van der Waals surface area contributed by atoms with Crippen LogP contribution in [-0.4, -0.2) is 36.5 Å². The van der Waals surface area contributed by atoms with E-state index in [1.165, 1.54) is 32.1 Å². The second-order valence-electron chi connectivity index (χ2n) is 5.91. The number of rotatable bonds is 8. The lowest BCUT2D eigenvalue weighted by molar-refractivity contribution is -0.0239. The molecule has 18 heavy (non-hydrogen) atoms. The molecule has 0 heterocycles. The lowest BCUT2D eigenvalue weighted by atomic mass is 9.98. The van der Waals surface area contributed by atoms with Crippen LogP contribution in [0.4, 0.5) is 0 Å². The molecule has 0 spiro atoms. The summed E-state index contributed by atoms with van der Waals surface area (Å²) in [5.74, 6) is 0.612. The third-order valence-electron chi connectivity index (χ3n) is 3.94. The van der Waals surface area contributed by atoms with Crippen molar-refractivity contribution in [1.29, 1.82) is 0 Å². The minimum atomic E-state index is -0.375. The highest BCUT2D eigenvalue weighted by molar-refractivity contribution is 4.72. The number of hydrogen-bond acceptors (Lipinski definition) is 3. The summed E-state index contributed by atoms with van der Waals surface area (Å²) in [6, 6.07) is 0.495. The Morgan fingerprint density at radius 3 is 2.44 bits per heavy atom. The summed E-state index contributed by atoms with van der Waals surface area (Å²) in [4.78, 5) is 0. The number of ether oxygens (including phenoxy) is 1. The van der Waals surface area contributed by atoms with Crippen molar-refractivity contribution in [2.24, 2.45) is 5.92 Å². The van der Waals surface area contributed by atoms with Crippen LogP contribution in [0.5, 0.6) is 0 Å². The van der Waals surface area contributed by atoms with Gasteiger partial charge in [-0.05, 0) is 25.2 Å². The Morgan fingerprint density at radius 1 is 1.22 bits per heavy atom. The van der Waals surface area contributed by atoms with E-state index < -0.39 is 0 Å². The Bertz CT molecular complexity index is 203. The van der Waals surface area contributed by atoms with Crippen molar-refractivity contribution >= 4 is 0 Å². The molecular formula is C15H31NO2. The van der Waals surface area contributed by atoms with E-state index in [9.17, 15) is 5.11 Å². The topological polar surface area (TPSA) is 41.5 Å². The van der Waals surface area contributed by atoms with E-state index >= 15 is 0 Å². The van der Waals surface area contributed by atoms with E-state index in [0.29, 0.717) is 31.2 Å². The molecule has 3 heteroatoms. The largest absolute Gasteiger partial charge is 0.389 e. The van der Waals surface area contributed by atoms with Gasteiger partial charge in [0.15, 0.2) is 0 Å². The van der Waals surface area contributed by atoms with E-state index in [4.69, 9.17) is 4.74 Å². The van der Waals surface area contributed by atoms with Crippen molar-refractivity contribution in [2.45, 2.75) is 77.5 Å². The van der Waals surface area contributed by atoms with Crippen LogP contribution in [-0.2, 0) is 4.74 Å². The zero-order chi connectivity index (χ0) is 13.4. The predicted molar refractivity (Wildman–Crippen MR) is 75.8 cm³/mol. The standard InChI is InChI=1S/C15H31NO2/c1-4-15(12(2)3)16-10-13(17)11-18-14-8-6-5-7-9-14/h12-17H,4-11H2,1-3H3. The van der Waals surface area contributed by atoms with Crippen LogP contribution >= 0.6 is 0 Å². The highest BCUT2D eigenvalue weighted by Gasteiger charge is 2.16. The molecule has 1 saturated carbocycles. The zero-order valence-electron chi connectivity index (χ0n) is 12.3. The second kappa shape index (κ2) is 8.89. The van der Waals surface area contributed by atoms with E-state index in [1.54, 1.807) is 0 Å². The molecule has 108 valence electrons. The fourth-order valence-corrected chi connectivity index (χ4v) is 2.68. The van der Waals surface area contributed by atoms with Gasteiger partial charge >= 0.3 is 0 Å². The number of aliphatic hydroxyl groups is 1. The highest BCUT2D eigenvalue weighted by Crippen LogP contribution is 2.20. The molecule has 1 aliphatic carbocycles. The van der Waals surface area contributed by atoms with Crippen LogP contribution in [0.25, 0.3) is 0 Å². The molecular weight excluding hydrogens is 226 g/mol. The third kappa shape index (κ3) is 6.17. The molecule has 0 aromatic rings. The smallest absolute Gasteiger partial charge is 0.0897 e. The summed E-state index contributed by atoms with van der Waals surface area (Å²) in [6.45, 7) is 7.73. The van der Waals surface area contributed by atoms with E-state index in [2.05, 4.69) is 26.1 Å². The normalized spacial score (nSPS) is 21.2. The van der Waals surface area contributed by atoms with Crippen LogP contribution in [0, 0.1) is 5.92 Å². The summed E-state index contributed by atoms with van der Waals surface area (Å²) in [6.07, 6.45) is 7.37. The van der Waals surface area contributed by atoms with Gasteiger partial charge in [-0.2, -0.15) is 0 Å². The van der Waals surface area contributed by atoms with Crippen LogP contribution in [0.1, 0.15) is 59.3 Å². The summed E-state index contributed by atoms with van der Waals surface area (Å²) < 4.78 is 5.78. The van der Waals surface area contributed by atoms with Crippen molar-refractivity contribution < 1.29 is 9.84 Å². The molecule has 1 rings (SSSR count). The van der Waals surface area contributed by atoms with Crippen LogP contribution < -0.4 is 5.32 Å². The Labute approximate surface area is 112 Å². The van der Waals surface area contributed by atoms with Gasteiger partial charge in [0.25, 0.3) is 0 Å². The molecule has 3 nitrogen and oxygen atoms in total. The molecule has 0 aromatic heterocycles. The predicted octanol–water partition coefficient (Wildman–Crippen LogP) is 2.72. The Balaban J connectivity index is 2.10. The summed E-state index contributed by atoms with van der Waals surface area (Å²) in [7, 11) is 0. The highest BCUT2D eigenvalue weighted by atomic mass is 16.5. The first-order valence-electron chi connectivity index (χ1n) is 7.66. The lowest BCUT2D eigenvalue weighted by Gasteiger charge is -2.25. The Kier molecular flexibility index (Phi) is 7.87. The lowest BCUT2D eigenvalue weighted by Crippen LogP contribution is -2.40. The first-order chi connectivity index (χ1) is 8.63. The average Bonchev–Trinajstić information content (AvgIpc) is 2.38. The molecule has 2 atom stereocenters. The van der Waals surface area contributed by atoms with Gasteiger partial charge < -0.3 is 15.2 Å². The molecule has 0 radical (unpaired) electrons. The fourth-order valence-electron chi connectivity index (χ4n) is 2.68. The van der Waals surface area contributed by atoms with Gasteiger partial charge in [0, 0.05) is 12.6 Å². The van der Waals surface area contributed by atoms with Gasteiger partial charge in [0.05, 0.1) is 18.8 Å². The van der Waals surface area contributed by atoms with Crippen LogP contribution in [0.3, 0.4) is 0 Å². The van der Waals surface area contributed by atoms with Gasteiger partial charge in [-0.3, -0.25) is 0 Å². The van der Waals surface area contributed by atoms with Crippen LogP contribution in [0.15, 0.2) is 0 Å². The second-order valence-corrected chi connectivity index (χ2v) is 5.91. The van der Waals surface area contributed by atoms with E-state index in [0.717, 1.165) is 6.42 Å². The number of nitrogens with one attached hydrogen (secondary N) is 1. The molecule has 2 unspecified atom stereocenters. The minimum absolute atomic E-state index is 0.375. The van der Waals surface area contributed by atoms with Gasteiger partial charge in [-0.15, -0.1) is 0 Å². The maximum atomic E-state index is 9.92. The minimum Gasteiger partial charge on any atom is -0.389 e. The number of hydrogen-bond donors (Lipinski definition) is 2. The Hall–Kier alpha value is -0.120. The van der Waals surface area contributed by atoms with Crippen molar-refractivity contribution in [3.63, 3.8) is 0 Å². The molecule has 2 N–H and O–H groups in total. The molecule has 0 aliphatic heterocycles. The fraction of sp³-hybridized carbons (Fsp3) is 1.00. The van der Waals surface area contributed by atoms with Gasteiger partial charge in [-0.1, -0.05) is 40.0 Å². The monoisotopic (exact) mass is 257 g/mol. The van der Waals surface area contributed by atoms with Crippen molar-refractivity contribution in [3.05, 3.63) is 0 Å². The first-order valence-corrected chi connectivity index (χ1v) is 7.66. The SMILES string of the molecule is CCC(NCC(O)COC1CCCCC1)C(C)C. The molecule has 0 bridgehead atoms. The third-order valence-corrected chi connectivity index (χ3v) is 3.94. The summed E-state index contributed by atoms with van der Waals surface area (Å²) >= 11 is 0. The van der Waals surface area contributed by atoms with E-state index in [-0.39, 0.29) is 6.10 Å². The summed E-state index contributed by atoms with van der Waals surface area (Å²) in [5, 5.41) is 13.3.